The molecular weight excluding hydrogens is 254 g/mol. The van der Waals surface area contributed by atoms with E-state index in [-0.39, 0.29) is 6.04 Å². The minimum Gasteiger partial charge on any atom is -0.310 e. The maximum absolute atomic E-state index is 8.68. The summed E-state index contributed by atoms with van der Waals surface area (Å²) in [6.45, 7) is 3.03. The average Bonchev–Trinajstić information content (AvgIpc) is 2.87. The van der Waals surface area contributed by atoms with Crippen LogP contribution in [0.25, 0.3) is 0 Å². The average molecular weight is 271 g/mol. The van der Waals surface area contributed by atoms with Gasteiger partial charge in [0, 0.05) is 17.8 Å². The standard InChI is InChI=1S/C15H17N3S/c1-2-17-14(12-6-4-3-5-7-12)10-13-11-19-15(18-13)8-9-16/h3-7,11,14,17H,2,8,10H2,1H3. The van der Waals surface area contributed by atoms with Gasteiger partial charge in [-0.2, -0.15) is 5.26 Å². The fourth-order valence-electron chi connectivity index (χ4n) is 2.04. The summed E-state index contributed by atoms with van der Waals surface area (Å²) in [5.74, 6) is 0. The van der Waals surface area contributed by atoms with Gasteiger partial charge in [0.1, 0.15) is 5.01 Å². The van der Waals surface area contributed by atoms with Crippen LogP contribution in [0.15, 0.2) is 35.7 Å². The molecule has 2 aromatic rings. The van der Waals surface area contributed by atoms with Crippen LogP contribution in [0.1, 0.15) is 29.2 Å². The SMILES string of the molecule is CCNC(Cc1csc(CC#N)n1)c1ccccc1. The number of aromatic nitrogens is 1. The topological polar surface area (TPSA) is 48.7 Å². The van der Waals surface area contributed by atoms with E-state index >= 15 is 0 Å². The molecule has 0 aliphatic rings. The van der Waals surface area contributed by atoms with E-state index in [2.05, 4.69) is 52.9 Å². The molecular formula is C15H17N3S. The van der Waals surface area contributed by atoms with E-state index in [1.54, 1.807) is 11.3 Å². The van der Waals surface area contributed by atoms with Gasteiger partial charge >= 0.3 is 0 Å². The smallest absolute Gasteiger partial charge is 0.107 e. The van der Waals surface area contributed by atoms with Crippen LogP contribution in [0.5, 0.6) is 0 Å². The molecule has 0 spiro atoms. The molecule has 0 amide bonds. The van der Waals surface area contributed by atoms with Crippen LogP contribution in [0, 0.1) is 11.3 Å². The van der Waals surface area contributed by atoms with Crippen LogP contribution in [0.2, 0.25) is 0 Å². The van der Waals surface area contributed by atoms with Crippen molar-refractivity contribution in [3.8, 4) is 6.07 Å². The molecule has 1 heterocycles. The summed E-state index contributed by atoms with van der Waals surface area (Å²) in [6.07, 6.45) is 1.27. The Morgan fingerprint density at radius 2 is 2.16 bits per heavy atom. The second-order valence-electron chi connectivity index (χ2n) is 4.29. The number of hydrogen-bond acceptors (Lipinski definition) is 4. The highest BCUT2D eigenvalue weighted by Crippen LogP contribution is 2.20. The zero-order valence-electron chi connectivity index (χ0n) is 11.0. The van der Waals surface area contributed by atoms with Crippen molar-refractivity contribution in [1.82, 2.24) is 10.3 Å². The Bertz CT molecular complexity index is 542. The van der Waals surface area contributed by atoms with Crippen molar-refractivity contribution in [2.24, 2.45) is 0 Å². The first-order valence-corrected chi connectivity index (χ1v) is 7.30. The number of hydrogen-bond donors (Lipinski definition) is 1. The van der Waals surface area contributed by atoms with Gasteiger partial charge in [-0.3, -0.25) is 0 Å². The number of likely N-dealkylation sites (N-methyl/N-ethyl adjacent to an activating group) is 1. The van der Waals surface area contributed by atoms with E-state index < -0.39 is 0 Å². The molecule has 4 heteroatoms. The first kappa shape index (κ1) is 13.7. The molecule has 1 N–H and O–H groups in total. The molecule has 1 aromatic carbocycles. The number of benzene rings is 1. The summed E-state index contributed by atoms with van der Waals surface area (Å²) in [5, 5.41) is 15.1. The number of nitrogens with zero attached hydrogens (tertiary/aromatic N) is 2. The Kier molecular flexibility index (Phi) is 5.08. The van der Waals surface area contributed by atoms with Gasteiger partial charge in [-0.25, -0.2) is 4.98 Å². The molecule has 1 unspecified atom stereocenters. The Morgan fingerprint density at radius 3 is 2.84 bits per heavy atom. The Hall–Kier alpha value is -1.70. The van der Waals surface area contributed by atoms with Gasteiger partial charge in [-0.15, -0.1) is 11.3 Å². The Balaban J connectivity index is 2.10. The van der Waals surface area contributed by atoms with Crippen molar-refractivity contribution in [1.29, 1.82) is 5.26 Å². The van der Waals surface area contributed by atoms with E-state index in [4.69, 9.17) is 5.26 Å². The highest BCUT2D eigenvalue weighted by Gasteiger charge is 2.12. The molecule has 19 heavy (non-hydrogen) atoms. The lowest BCUT2D eigenvalue weighted by Gasteiger charge is -2.17. The Labute approximate surface area is 117 Å². The lowest BCUT2D eigenvalue weighted by molar-refractivity contribution is 0.545. The molecule has 0 aliphatic heterocycles. The number of nitriles is 1. The molecule has 0 saturated heterocycles. The van der Waals surface area contributed by atoms with Gasteiger partial charge < -0.3 is 5.32 Å². The van der Waals surface area contributed by atoms with Crippen LogP contribution in [-0.4, -0.2) is 11.5 Å². The van der Waals surface area contributed by atoms with E-state index in [0.717, 1.165) is 23.7 Å². The minimum atomic E-state index is 0.281. The second-order valence-corrected chi connectivity index (χ2v) is 5.24. The van der Waals surface area contributed by atoms with Crippen molar-refractivity contribution in [3.63, 3.8) is 0 Å². The van der Waals surface area contributed by atoms with E-state index in [9.17, 15) is 0 Å². The largest absolute Gasteiger partial charge is 0.310 e. The first-order valence-electron chi connectivity index (χ1n) is 6.42. The third-order valence-corrected chi connectivity index (χ3v) is 3.79. The lowest BCUT2D eigenvalue weighted by atomic mass is 10.0. The summed E-state index contributed by atoms with van der Waals surface area (Å²) >= 11 is 1.57. The fraction of sp³-hybridized carbons (Fsp3) is 0.333. The normalized spacial score (nSPS) is 12.0. The van der Waals surface area contributed by atoms with Gasteiger partial charge in [-0.1, -0.05) is 37.3 Å². The fourth-order valence-corrected chi connectivity index (χ4v) is 2.78. The zero-order chi connectivity index (χ0) is 13.5. The zero-order valence-corrected chi connectivity index (χ0v) is 11.8. The maximum Gasteiger partial charge on any atom is 0.107 e. The van der Waals surface area contributed by atoms with Crippen LogP contribution in [-0.2, 0) is 12.8 Å². The maximum atomic E-state index is 8.68. The molecule has 3 nitrogen and oxygen atoms in total. The minimum absolute atomic E-state index is 0.281. The molecule has 0 saturated carbocycles. The highest BCUT2D eigenvalue weighted by atomic mass is 32.1. The van der Waals surface area contributed by atoms with Crippen LogP contribution in [0.3, 0.4) is 0 Å². The van der Waals surface area contributed by atoms with Crippen molar-refractivity contribution in [2.45, 2.75) is 25.8 Å². The van der Waals surface area contributed by atoms with E-state index in [1.165, 1.54) is 5.56 Å². The van der Waals surface area contributed by atoms with E-state index in [0.29, 0.717) is 6.42 Å². The summed E-state index contributed by atoms with van der Waals surface area (Å²) < 4.78 is 0. The molecule has 0 radical (unpaired) electrons. The van der Waals surface area contributed by atoms with Crippen molar-refractivity contribution in [2.75, 3.05) is 6.54 Å². The third-order valence-electron chi connectivity index (χ3n) is 2.90. The monoisotopic (exact) mass is 271 g/mol. The quantitative estimate of drug-likeness (QED) is 0.878. The predicted molar refractivity (Wildman–Crippen MR) is 78.0 cm³/mol. The molecule has 0 fully saturated rings. The molecule has 0 bridgehead atoms. The molecule has 0 aliphatic carbocycles. The van der Waals surface area contributed by atoms with Crippen LogP contribution < -0.4 is 5.32 Å². The second kappa shape index (κ2) is 7.03. The molecule has 2 rings (SSSR count). The van der Waals surface area contributed by atoms with Crippen molar-refractivity contribution >= 4 is 11.3 Å². The van der Waals surface area contributed by atoms with Crippen molar-refractivity contribution in [3.05, 3.63) is 52.0 Å². The summed E-state index contributed by atoms with van der Waals surface area (Å²) in [7, 11) is 0. The molecule has 1 atom stereocenters. The number of thiazole rings is 1. The third kappa shape index (κ3) is 3.88. The summed E-state index contributed by atoms with van der Waals surface area (Å²) in [6, 6.07) is 12.8. The number of nitrogens with one attached hydrogen (secondary N) is 1. The number of rotatable bonds is 6. The van der Waals surface area contributed by atoms with Gasteiger partial charge in [0.05, 0.1) is 18.2 Å². The predicted octanol–water partition coefficient (Wildman–Crippen LogP) is 3.10. The highest BCUT2D eigenvalue weighted by molar-refractivity contribution is 7.09. The first-order chi connectivity index (χ1) is 9.33. The summed E-state index contributed by atoms with van der Waals surface area (Å²) in [4.78, 5) is 4.50. The van der Waals surface area contributed by atoms with Gasteiger partial charge in [0.2, 0.25) is 0 Å². The molecule has 98 valence electrons. The van der Waals surface area contributed by atoms with Crippen LogP contribution in [0.4, 0.5) is 0 Å². The Morgan fingerprint density at radius 1 is 1.37 bits per heavy atom. The van der Waals surface area contributed by atoms with E-state index in [1.807, 2.05) is 6.07 Å². The van der Waals surface area contributed by atoms with Gasteiger partial charge in [0.15, 0.2) is 0 Å². The van der Waals surface area contributed by atoms with Crippen LogP contribution >= 0.6 is 11.3 Å². The van der Waals surface area contributed by atoms with Gasteiger partial charge in [0.25, 0.3) is 0 Å². The summed E-state index contributed by atoms with van der Waals surface area (Å²) in [5.41, 5.74) is 2.34. The van der Waals surface area contributed by atoms with Crippen molar-refractivity contribution < 1.29 is 0 Å². The van der Waals surface area contributed by atoms with Gasteiger partial charge in [-0.05, 0) is 12.1 Å². The molecule has 1 aromatic heterocycles. The lowest BCUT2D eigenvalue weighted by Crippen LogP contribution is -2.23.